The molecule has 23 heavy (non-hydrogen) atoms. The van der Waals surface area contributed by atoms with Crippen molar-refractivity contribution in [2.75, 3.05) is 0 Å². The molecule has 3 nitrogen and oxygen atoms in total. The van der Waals surface area contributed by atoms with Crippen molar-refractivity contribution in [2.24, 2.45) is 0 Å². The Morgan fingerprint density at radius 3 is 2.30 bits per heavy atom. The molecule has 1 saturated carbocycles. The second-order valence-electron chi connectivity index (χ2n) is 6.21. The Hall–Kier alpha value is -1.84. The van der Waals surface area contributed by atoms with E-state index in [0.29, 0.717) is 5.02 Å². The van der Waals surface area contributed by atoms with Crippen molar-refractivity contribution in [3.8, 4) is 0 Å². The lowest BCUT2D eigenvalue weighted by Gasteiger charge is -2.24. The van der Waals surface area contributed by atoms with Crippen molar-refractivity contribution in [3.63, 3.8) is 0 Å². The van der Waals surface area contributed by atoms with Crippen molar-refractivity contribution in [3.05, 3.63) is 70.7 Å². The summed E-state index contributed by atoms with van der Waals surface area (Å²) in [7, 11) is 0. The van der Waals surface area contributed by atoms with Gasteiger partial charge in [-0.3, -0.25) is 4.79 Å². The molecule has 120 valence electrons. The SMILES string of the molecule is C[C@H](NC(=O)C1(c2ccc(Cl)cc2)CC1)[C@H](O)c1ccccc1. The first-order valence-corrected chi connectivity index (χ1v) is 8.21. The molecule has 1 aliphatic rings. The number of hydrogen-bond acceptors (Lipinski definition) is 2. The second-order valence-corrected chi connectivity index (χ2v) is 6.64. The van der Waals surface area contributed by atoms with Gasteiger partial charge in [0, 0.05) is 5.02 Å². The van der Waals surface area contributed by atoms with Crippen LogP contribution in [0.15, 0.2) is 54.6 Å². The van der Waals surface area contributed by atoms with Gasteiger partial charge in [0.2, 0.25) is 5.91 Å². The normalized spacial score (nSPS) is 18.0. The van der Waals surface area contributed by atoms with Gasteiger partial charge in [0.15, 0.2) is 0 Å². The molecule has 0 saturated heterocycles. The molecule has 2 aromatic carbocycles. The van der Waals surface area contributed by atoms with Gasteiger partial charge in [-0.05, 0) is 43.0 Å². The van der Waals surface area contributed by atoms with Crippen molar-refractivity contribution >= 4 is 17.5 Å². The van der Waals surface area contributed by atoms with Crippen LogP contribution in [0.3, 0.4) is 0 Å². The zero-order chi connectivity index (χ0) is 16.4. The maximum Gasteiger partial charge on any atom is 0.230 e. The summed E-state index contributed by atoms with van der Waals surface area (Å²) in [5.74, 6) is -0.0256. The van der Waals surface area contributed by atoms with Crippen molar-refractivity contribution < 1.29 is 9.90 Å². The minimum atomic E-state index is -0.721. The van der Waals surface area contributed by atoms with Crippen LogP contribution in [0, 0.1) is 0 Å². The van der Waals surface area contributed by atoms with Crippen molar-refractivity contribution in [1.29, 1.82) is 0 Å². The lowest BCUT2D eigenvalue weighted by atomic mass is 9.94. The molecule has 0 aliphatic heterocycles. The minimum Gasteiger partial charge on any atom is -0.386 e. The lowest BCUT2D eigenvalue weighted by molar-refractivity contribution is -0.125. The number of aliphatic hydroxyl groups is 1. The van der Waals surface area contributed by atoms with Crippen LogP contribution in [0.2, 0.25) is 5.02 Å². The molecule has 0 unspecified atom stereocenters. The first-order chi connectivity index (χ1) is 11.0. The Labute approximate surface area is 141 Å². The van der Waals surface area contributed by atoms with E-state index in [2.05, 4.69) is 5.32 Å². The Kier molecular flexibility index (Phi) is 4.42. The lowest BCUT2D eigenvalue weighted by Crippen LogP contribution is -2.43. The summed E-state index contributed by atoms with van der Waals surface area (Å²) >= 11 is 5.92. The number of aliphatic hydroxyl groups excluding tert-OH is 1. The van der Waals surface area contributed by atoms with E-state index >= 15 is 0 Å². The summed E-state index contributed by atoms with van der Waals surface area (Å²) in [4.78, 5) is 12.7. The zero-order valence-electron chi connectivity index (χ0n) is 13.0. The molecular formula is C19H20ClNO2. The Balaban J connectivity index is 1.70. The highest BCUT2D eigenvalue weighted by molar-refractivity contribution is 6.30. The van der Waals surface area contributed by atoms with E-state index in [4.69, 9.17) is 11.6 Å². The monoisotopic (exact) mass is 329 g/mol. The average Bonchev–Trinajstić information content (AvgIpc) is 3.37. The maximum atomic E-state index is 12.7. The Bertz CT molecular complexity index is 680. The number of amides is 1. The third-order valence-corrected chi connectivity index (χ3v) is 4.81. The summed E-state index contributed by atoms with van der Waals surface area (Å²) in [6.07, 6.45) is 0.935. The fourth-order valence-corrected chi connectivity index (χ4v) is 3.03. The van der Waals surface area contributed by atoms with Gasteiger partial charge < -0.3 is 10.4 Å². The summed E-state index contributed by atoms with van der Waals surface area (Å²) in [5.41, 5.74) is 1.33. The Morgan fingerprint density at radius 2 is 1.74 bits per heavy atom. The number of benzene rings is 2. The van der Waals surface area contributed by atoms with E-state index in [0.717, 1.165) is 24.0 Å². The van der Waals surface area contributed by atoms with E-state index in [1.165, 1.54) is 0 Å². The highest BCUT2D eigenvalue weighted by Crippen LogP contribution is 2.48. The van der Waals surface area contributed by atoms with Crippen molar-refractivity contribution in [1.82, 2.24) is 5.32 Å². The van der Waals surface area contributed by atoms with Gasteiger partial charge in [-0.2, -0.15) is 0 Å². The molecule has 0 aromatic heterocycles. The molecule has 2 N–H and O–H groups in total. The highest BCUT2D eigenvalue weighted by Gasteiger charge is 2.51. The fourth-order valence-electron chi connectivity index (χ4n) is 2.90. The molecule has 1 aliphatic carbocycles. The summed E-state index contributed by atoms with van der Waals surface area (Å²) in [6.45, 7) is 1.83. The largest absolute Gasteiger partial charge is 0.386 e. The third kappa shape index (κ3) is 3.26. The summed E-state index contributed by atoms with van der Waals surface area (Å²) < 4.78 is 0. The number of rotatable bonds is 5. The van der Waals surface area contributed by atoms with Crippen molar-refractivity contribution in [2.45, 2.75) is 37.3 Å². The van der Waals surface area contributed by atoms with Gasteiger partial charge in [0.25, 0.3) is 0 Å². The molecular weight excluding hydrogens is 310 g/mol. The smallest absolute Gasteiger partial charge is 0.230 e. The topological polar surface area (TPSA) is 49.3 Å². The molecule has 1 fully saturated rings. The first-order valence-electron chi connectivity index (χ1n) is 7.83. The zero-order valence-corrected chi connectivity index (χ0v) is 13.8. The predicted molar refractivity (Wildman–Crippen MR) is 91.4 cm³/mol. The summed E-state index contributed by atoms with van der Waals surface area (Å²) in [5, 5.41) is 14.0. The molecule has 3 rings (SSSR count). The van der Waals surface area contributed by atoms with Crippen LogP contribution in [0.4, 0.5) is 0 Å². The first kappa shape index (κ1) is 16.0. The van der Waals surface area contributed by atoms with Crippen LogP contribution in [0.25, 0.3) is 0 Å². The molecule has 0 spiro atoms. The summed E-state index contributed by atoms with van der Waals surface area (Å²) in [6, 6.07) is 16.5. The van der Waals surface area contributed by atoms with Crippen LogP contribution < -0.4 is 5.32 Å². The standard InChI is InChI=1S/C19H20ClNO2/c1-13(17(22)14-5-3-2-4-6-14)21-18(23)19(11-12-19)15-7-9-16(20)10-8-15/h2-10,13,17,22H,11-12H2,1H3,(H,21,23)/t13-,17-/m0/s1. The quantitative estimate of drug-likeness (QED) is 0.880. The number of halogens is 1. The number of carbonyl (C=O) groups is 1. The molecule has 0 heterocycles. The predicted octanol–water partition coefficient (Wildman–Crippen LogP) is 3.61. The third-order valence-electron chi connectivity index (χ3n) is 4.55. The van der Waals surface area contributed by atoms with E-state index in [-0.39, 0.29) is 11.9 Å². The van der Waals surface area contributed by atoms with E-state index in [1.807, 2.05) is 61.5 Å². The van der Waals surface area contributed by atoms with E-state index in [9.17, 15) is 9.90 Å². The van der Waals surface area contributed by atoms with Crippen LogP contribution in [-0.2, 0) is 10.2 Å². The number of hydrogen-bond donors (Lipinski definition) is 2. The van der Waals surface area contributed by atoms with E-state index < -0.39 is 11.5 Å². The molecule has 1 amide bonds. The number of carbonyl (C=O) groups excluding carboxylic acids is 1. The van der Waals surface area contributed by atoms with E-state index in [1.54, 1.807) is 0 Å². The Morgan fingerprint density at radius 1 is 1.13 bits per heavy atom. The van der Waals surface area contributed by atoms with Gasteiger partial charge in [-0.15, -0.1) is 0 Å². The van der Waals surface area contributed by atoms with Gasteiger partial charge >= 0.3 is 0 Å². The van der Waals surface area contributed by atoms with Gasteiger partial charge in [-0.1, -0.05) is 54.1 Å². The van der Waals surface area contributed by atoms with Crippen LogP contribution >= 0.6 is 11.6 Å². The van der Waals surface area contributed by atoms with Gasteiger partial charge in [0.1, 0.15) is 0 Å². The van der Waals surface area contributed by atoms with Crippen LogP contribution in [0.5, 0.6) is 0 Å². The molecule has 2 atom stereocenters. The highest BCUT2D eigenvalue weighted by atomic mass is 35.5. The molecule has 2 aromatic rings. The minimum absolute atomic E-state index is 0.0256. The number of nitrogens with one attached hydrogen (secondary N) is 1. The average molecular weight is 330 g/mol. The van der Waals surface area contributed by atoms with Gasteiger partial charge in [-0.25, -0.2) is 0 Å². The molecule has 0 bridgehead atoms. The maximum absolute atomic E-state index is 12.7. The fraction of sp³-hybridized carbons (Fsp3) is 0.316. The molecule has 0 radical (unpaired) electrons. The second kappa shape index (κ2) is 6.34. The van der Waals surface area contributed by atoms with Crippen LogP contribution in [0.1, 0.15) is 37.0 Å². The van der Waals surface area contributed by atoms with Crippen LogP contribution in [-0.4, -0.2) is 17.1 Å². The van der Waals surface area contributed by atoms with Gasteiger partial charge in [0.05, 0.1) is 17.6 Å². The molecule has 4 heteroatoms.